The van der Waals surface area contributed by atoms with Gasteiger partial charge in [0.25, 0.3) is 5.91 Å². The molecule has 3 aromatic rings. The Morgan fingerprint density at radius 1 is 1.17 bits per heavy atom. The first-order valence-corrected chi connectivity index (χ1v) is 10.1. The van der Waals surface area contributed by atoms with Crippen LogP contribution in [0, 0.1) is 11.3 Å². The van der Waals surface area contributed by atoms with Gasteiger partial charge in [0, 0.05) is 5.56 Å². The predicted octanol–water partition coefficient (Wildman–Crippen LogP) is 5.02. The van der Waals surface area contributed by atoms with Gasteiger partial charge in [-0.3, -0.25) is 4.79 Å². The molecule has 1 heterocycles. The highest BCUT2D eigenvalue weighted by Gasteiger charge is 2.19. The number of ether oxygens (including phenoxy) is 2. The van der Waals surface area contributed by atoms with Gasteiger partial charge in [0.05, 0.1) is 18.8 Å². The lowest BCUT2D eigenvalue weighted by Gasteiger charge is -2.10. The fraction of sp³-hybridized carbons (Fsp3) is 0.174. The first-order valence-electron chi connectivity index (χ1n) is 9.22. The summed E-state index contributed by atoms with van der Waals surface area (Å²) in [7, 11) is 1.53. The number of carbonyl (C=O) groups excluding carboxylic acids is 2. The number of fused-ring (bicyclic) bond motifs is 1. The van der Waals surface area contributed by atoms with Crippen LogP contribution in [0.5, 0.6) is 5.75 Å². The van der Waals surface area contributed by atoms with E-state index in [2.05, 4.69) is 5.32 Å². The molecule has 0 spiro atoms. The summed E-state index contributed by atoms with van der Waals surface area (Å²) in [5.41, 5.74) is 0.774. The van der Waals surface area contributed by atoms with Crippen molar-refractivity contribution in [3.8, 4) is 11.8 Å². The average molecular weight is 420 g/mol. The van der Waals surface area contributed by atoms with E-state index in [-0.39, 0.29) is 17.2 Å². The minimum absolute atomic E-state index is 0.110. The van der Waals surface area contributed by atoms with Crippen molar-refractivity contribution in [3.63, 3.8) is 0 Å². The van der Waals surface area contributed by atoms with Crippen LogP contribution in [0.4, 0.5) is 5.00 Å². The molecule has 0 saturated carbocycles. The van der Waals surface area contributed by atoms with Crippen molar-refractivity contribution in [2.24, 2.45) is 0 Å². The van der Waals surface area contributed by atoms with Crippen molar-refractivity contribution < 1.29 is 19.1 Å². The molecule has 0 bridgehead atoms. The molecule has 6 nitrogen and oxygen atoms in total. The van der Waals surface area contributed by atoms with Gasteiger partial charge in [-0.05, 0) is 48.2 Å². The second kappa shape index (κ2) is 9.25. The van der Waals surface area contributed by atoms with E-state index in [1.165, 1.54) is 24.5 Å². The van der Waals surface area contributed by atoms with Crippen molar-refractivity contribution in [2.45, 2.75) is 20.0 Å². The number of methoxy groups -OCH3 is 1. The molecule has 0 aliphatic carbocycles. The zero-order chi connectivity index (χ0) is 21.7. The molecule has 152 valence electrons. The number of carbonyl (C=O) groups is 2. The second-order valence-corrected chi connectivity index (χ2v) is 7.56. The van der Waals surface area contributed by atoms with Crippen molar-refractivity contribution in [1.29, 1.82) is 5.26 Å². The summed E-state index contributed by atoms with van der Waals surface area (Å²) < 4.78 is 10.6. The largest absolute Gasteiger partial charge is 0.496 e. The summed E-state index contributed by atoms with van der Waals surface area (Å²) in [5, 5.41) is 16.1. The Morgan fingerprint density at radius 3 is 2.63 bits per heavy atom. The summed E-state index contributed by atoms with van der Waals surface area (Å²) in [6.07, 6.45) is 1.21. The molecule has 7 heteroatoms. The van der Waals surface area contributed by atoms with E-state index in [4.69, 9.17) is 9.47 Å². The average Bonchev–Trinajstić information content (AvgIpc) is 3.19. The number of nitrogens with zero attached hydrogens (tertiary/aromatic N) is 1. The number of esters is 1. The zero-order valence-electron chi connectivity index (χ0n) is 16.8. The Bertz CT molecular complexity index is 1170. The highest BCUT2D eigenvalue weighted by atomic mass is 32.1. The lowest BCUT2D eigenvalue weighted by atomic mass is 10.0. The minimum atomic E-state index is -0.617. The fourth-order valence-electron chi connectivity index (χ4n) is 2.91. The lowest BCUT2D eigenvalue weighted by Crippen LogP contribution is -2.17. The molecule has 0 atom stereocenters. The first-order chi connectivity index (χ1) is 14.4. The number of rotatable bonds is 6. The van der Waals surface area contributed by atoms with Crippen LogP contribution in [-0.4, -0.2) is 25.1 Å². The number of hydrogen-bond donors (Lipinski definition) is 1. The molecular weight excluding hydrogens is 400 g/mol. The maximum absolute atomic E-state index is 12.8. The van der Waals surface area contributed by atoms with Gasteiger partial charge in [-0.15, -0.1) is 11.3 Å². The van der Waals surface area contributed by atoms with E-state index in [0.29, 0.717) is 16.3 Å². The Kier molecular flexibility index (Phi) is 6.50. The van der Waals surface area contributed by atoms with Crippen LogP contribution in [0.15, 0.2) is 53.4 Å². The number of benzene rings is 2. The van der Waals surface area contributed by atoms with Crippen molar-refractivity contribution >= 4 is 45.1 Å². The van der Waals surface area contributed by atoms with Crippen LogP contribution < -0.4 is 10.1 Å². The first kappa shape index (κ1) is 21.1. The molecule has 0 aliphatic heterocycles. The van der Waals surface area contributed by atoms with Gasteiger partial charge in [0.2, 0.25) is 0 Å². The van der Waals surface area contributed by atoms with Crippen molar-refractivity contribution in [2.75, 3.05) is 12.4 Å². The van der Waals surface area contributed by atoms with Crippen LogP contribution in [-0.2, 0) is 9.53 Å². The summed E-state index contributed by atoms with van der Waals surface area (Å²) in [6, 6.07) is 14.9. The lowest BCUT2D eigenvalue weighted by molar-refractivity contribution is -0.112. The number of anilines is 1. The third-order valence-corrected chi connectivity index (χ3v) is 5.09. The maximum Gasteiger partial charge on any atom is 0.341 e. The molecule has 0 radical (unpaired) electrons. The van der Waals surface area contributed by atoms with Gasteiger partial charge in [0.1, 0.15) is 22.4 Å². The van der Waals surface area contributed by atoms with Crippen LogP contribution in [0.3, 0.4) is 0 Å². The number of thiophene rings is 1. The normalized spacial score (nSPS) is 11.2. The van der Waals surface area contributed by atoms with Gasteiger partial charge in [-0.25, -0.2) is 4.79 Å². The summed E-state index contributed by atoms with van der Waals surface area (Å²) in [4.78, 5) is 25.0. The van der Waals surface area contributed by atoms with Crippen LogP contribution in [0.25, 0.3) is 16.8 Å². The van der Waals surface area contributed by atoms with Crippen molar-refractivity contribution in [3.05, 3.63) is 64.5 Å². The molecule has 0 saturated heterocycles. The summed E-state index contributed by atoms with van der Waals surface area (Å²) in [6.45, 7) is 3.49. The number of amides is 1. The maximum atomic E-state index is 12.8. The Labute approximate surface area is 178 Å². The Morgan fingerprint density at radius 2 is 1.93 bits per heavy atom. The van der Waals surface area contributed by atoms with Gasteiger partial charge >= 0.3 is 5.97 Å². The van der Waals surface area contributed by atoms with Gasteiger partial charge in [0.15, 0.2) is 0 Å². The molecule has 3 rings (SSSR count). The molecule has 0 aliphatic rings. The number of hydrogen-bond acceptors (Lipinski definition) is 6. The van der Waals surface area contributed by atoms with E-state index in [1.807, 2.05) is 36.4 Å². The molecule has 0 fully saturated rings. The third-order valence-electron chi connectivity index (χ3n) is 4.26. The quantitative estimate of drug-likeness (QED) is 0.344. The van der Waals surface area contributed by atoms with E-state index in [9.17, 15) is 14.9 Å². The molecule has 0 unspecified atom stereocenters. The topological polar surface area (TPSA) is 88.4 Å². The molecule has 2 aromatic carbocycles. The van der Waals surface area contributed by atoms with Crippen LogP contribution in [0.2, 0.25) is 0 Å². The Hall–Kier alpha value is -3.63. The van der Waals surface area contributed by atoms with E-state index < -0.39 is 11.9 Å². The van der Waals surface area contributed by atoms with E-state index in [0.717, 1.165) is 10.8 Å². The highest BCUT2D eigenvalue weighted by Crippen LogP contribution is 2.31. The smallest absolute Gasteiger partial charge is 0.341 e. The predicted molar refractivity (Wildman–Crippen MR) is 118 cm³/mol. The van der Waals surface area contributed by atoms with Gasteiger partial charge < -0.3 is 14.8 Å². The second-order valence-electron chi connectivity index (χ2n) is 6.64. The number of nitrogens with one attached hydrogen (secondary N) is 1. The molecule has 1 amide bonds. The fourth-order valence-corrected chi connectivity index (χ4v) is 3.68. The summed E-state index contributed by atoms with van der Waals surface area (Å²) in [5.74, 6) is -0.597. The Balaban J connectivity index is 1.95. The number of nitriles is 1. The third kappa shape index (κ3) is 4.50. The molecular formula is C23H20N2O4S. The standard InChI is InChI=1S/C23H20N2O4S/c1-14(2)29-23(27)18-10-11-30-22(18)25-21(26)16(13-24)12-19-17-7-5-4-6-15(17)8-9-20(19)28-3/h4-12,14H,1-3H3,(H,25,26). The summed E-state index contributed by atoms with van der Waals surface area (Å²) >= 11 is 1.18. The highest BCUT2D eigenvalue weighted by molar-refractivity contribution is 7.14. The molecule has 1 N–H and O–H groups in total. The van der Waals surface area contributed by atoms with Gasteiger partial charge in [-0.2, -0.15) is 5.26 Å². The molecule has 1 aromatic heterocycles. The zero-order valence-corrected chi connectivity index (χ0v) is 17.6. The monoisotopic (exact) mass is 420 g/mol. The van der Waals surface area contributed by atoms with Gasteiger partial charge in [-0.1, -0.05) is 30.3 Å². The van der Waals surface area contributed by atoms with E-state index in [1.54, 1.807) is 31.4 Å². The van der Waals surface area contributed by atoms with Crippen LogP contribution >= 0.6 is 11.3 Å². The molecule has 30 heavy (non-hydrogen) atoms. The SMILES string of the molecule is COc1ccc2ccccc2c1C=C(C#N)C(=O)Nc1sccc1C(=O)OC(C)C. The van der Waals surface area contributed by atoms with E-state index >= 15 is 0 Å². The van der Waals surface area contributed by atoms with Crippen molar-refractivity contribution in [1.82, 2.24) is 0 Å². The van der Waals surface area contributed by atoms with Crippen LogP contribution in [0.1, 0.15) is 29.8 Å². The minimum Gasteiger partial charge on any atom is -0.496 e.